The van der Waals surface area contributed by atoms with Crippen molar-refractivity contribution in [3.63, 3.8) is 0 Å². The van der Waals surface area contributed by atoms with Gasteiger partial charge in [-0.05, 0) is 30.3 Å². The van der Waals surface area contributed by atoms with Crippen molar-refractivity contribution >= 4 is 39.2 Å². The molecule has 138 valence electrons. The van der Waals surface area contributed by atoms with E-state index in [0.717, 1.165) is 12.1 Å². The van der Waals surface area contributed by atoms with Crippen molar-refractivity contribution in [2.75, 3.05) is 19.0 Å². The van der Waals surface area contributed by atoms with Crippen molar-refractivity contribution < 1.29 is 27.5 Å². The summed E-state index contributed by atoms with van der Waals surface area (Å²) in [7, 11) is -2.56. The summed E-state index contributed by atoms with van der Waals surface area (Å²) in [6, 6.07) is 10.0. The second-order valence-corrected chi connectivity index (χ2v) is 6.98. The smallest absolute Gasteiger partial charge is 0.340 e. The number of carbonyl (C=O) groups excluding carboxylic acids is 2. The molecule has 0 atom stereocenters. The van der Waals surface area contributed by atoms with Crippen LogP contribution in [0.3, 0.4) is 0 Å². The Morgan fingerprint density at radius 1 is 1.19 bits per heavy atom. The number of halogens is 1. The minimum Gasteiger partial charge on any atom is -0.495 e. The van der Waals surface area contributed by atoms with Gasteiger partial charge < -0.3 is 14.8 Å². The van der Waals surface area contributed by atoms with Gasteiger partial charge in [-0.15, -0.1) is 0 Å². The van der Waals surface area contributed by atoms with Crippen LogP contribution in [0.2, 0.25) is 5.02 Å². The average molecular weight is 399 g/mol. The Morgan fingerprint density at radius 2 is 1.88 bits per heavy atom. The molecule has 0 aliphatic heterocycles. The molecule has 2 aromatic rings. The van der Waals surface area contributed by atoms with E-state index < -0.39 is 28.5 Å². The molecule has 0 aliphatic carbocycles. The molecule has 1 amide bonds. The summed E-state index contributed by atoms with van der Waals surface area (Å²) >= 11 is 5.87. The Bertz CT molecular complexity index is 946. The summed E-state index contributed by atoms with van der Waals surface area (Å²) in [5.41, 5.74) is 0.189. The molecule has 0 spiro atoms. The number of hydrogen-bond acceptors (Lipinski definition) is 6. The average Bonchev–Trinajstić information content (AvgIpc) is 2.59. The van der Waals surface area contributed by atoms with E-state index in [1.165, 1.54) is 13.2 Å². The predicted octanol–water partition coefficient (Wildman–Crippen LogP) is 1.79. The topological polar surface area (TPSA) is 125 Å². The number of carbonyl (C=O) groups is 2. The van der Waals surface area contributed by atoms with Gasteiger partial charge in [-0.3, -0.25) is 4.79 Å². The largest absolute Gasteiger partial charge is 0.495 e. The van der Waals surface area contributed by atoms with E-state index in [0.29, 0.717) is 11.4 Å². The number of para-hydroxylation sites is 2. The highest BCUT2D eigenvalue weighted by atomic mass is 35.5. The van der Waals surface area contributed by atoms with E-state index in [2.05, 4.69) is 5.32 Å². The maximum Gasteiger partial charge on any atom is 0.340 e. The predicted molar refractivity (Wildman–Crippen MR) is 94.7 cm³/mol. The molecule has 0 aromatic heterocycles. The number of primary sulfonamides is 1. The van der Waals surface area contributed by atoms with Crippen molar-refractivity contribution in [2.24, 2.45) is 5.14 Å². The van der Waals surface area contributed by atoms with Crippen molar-refractivity contribution in [1.29, 1.82) is 0 Å². The number of ether oxygens (including phenoxy) is 2. The van der Waals surface area contributed by atoms with E-state index in [4.69, 9.17) is 26.2 Å². The van der Waals surface area contributed by atoms with Crippen LogP contribution in [0.25, 0.3) is 0 Å². The van der Waals surface area contributed by atoms with Crippen molar-refractivity contribution in [3.8, 4) is 5.75 Å². The molecule has 0 bridgehead atoms. The molecule has 8 nitrogen and oxygen atoms in total. The van der Waals surface area contributed by atoms with Gasteiger partial charge in [0.1, 0.15) is 5.75 Å². The summed E-state index contributed by atoms with van der Waals surface area (Å²) in [5, 5.41) is 7.51. The van der Waals surface area contributed by atoms with Gasteiger partial charge in [-0.25, -0.2) is 18.4 Å². The van der Waals surface area contributed by atoms with Crippen molar-refractivity contribution in [2.45, 2.75) is 4.90 Å². The number of nitrogens with one attached hydrogen (secondary N) is 1. The quantitative estimate of drug-likeness (QED) is 0.714. The van der Waals surface area contributed by atoms with Crippen LogP contribution in [0.4, 0.5) is 5.69 Å². The van der Waals surface area contributed by atoms with Crippen LogP contribution in [0.5, 0.6) is 5.75 Å². The maximum absolute atomic E-state index is 12.1. The molecule has 10 heteroatoms. The maximum atomic E-state index is 12.1. The van der Waals surface area contributed by atoms with E-state index in [9.17, 15) is 18.0 Å². The minimum atomic E-state index is -4.01. The molecule has 0 saturated carbocycles. The number of nitrogens with two attached hydrogens (primary N) is 1. The number of esters is 1. The van der Waals surface area contributed by atoms with E-state index >= 15 is 0 Å². The molecular weight excluding hydrogens is 384 g/mol. The first kappa shape index (κ1) is 19.7. The molecule has 2 aromatic carbocycles. The molecular formula is C16H15ClN2O6S. The van der Waals surface area contributed by atoms with Gasteiger partial charge in [0.15, 0.2) is 6.61 Å². The molecule has 0 saturated heterocycles. The van der Waals surface area contributed by atoms with Crippen molar-refractivity contribution in [3.05, 3.63) is 53.1 Å². The van der Waals surface area contributed by atoms with Crippen molar-refractivity contribution in [1.82, 2.24) is 0 Å². The first-order valence-electron chi connectivity index (χ1n) is 7.14. The van der Waals surface area contributed by atoms with Crippen LogP contribution in [-0.4, -0.2) is 34.0 Å². The standard InChI is InChI=1S/C16H15ClN2O6S/c1-24-14-5-3-2-4-13(14)19-15(20)9-25-16(21)11-8-10(26(18,22)23)6-7-12(11)17/h2-8H,9H2,1H3,(H,19,20)(H2,18,22,23). The molecule has 0 unspecified atom stereocenters. The summed E-state index contributed by atoms with van der Waals surface area (Å²) in [6.45, 7) is -0.604. The summed E-state index contributed by atoms with van der Waals surface area (Å²) in [6.07, 6.45) is 0. The van der Waals surface area contributed by atoms with Gasteiger partial charge in [0.05, 0.1) is 28.3 Å². The Morgan fingerprint density at radius 3 is 2.54 bits per heavy atom. The van der Waals surface area contributed by atoms with E-state index in [1.807, 2.05) is 0 Å². The van der Waals surface area contributed by atoms with Crippen LogP contribution < -0.4 is 15.2 Å². The molecule has 0 aliphatic rings. The summed E-state index contributed by atoms with van der Waals surface area (Å²) in [4.78, 5) is 23.7. The van der Waals surface area contributed by atoms with Gasteiger partial charge in [0.2, 0.25) is 10.0 Å². The first-order chi connectivity index (χ1) is 12.2. The fourth-order valence-electron chi connectivity index (χ4n) is 1.98. The Balaban J connectivity index is 2.06. The van der Waals surface area contributed by atoms with Crippen LogP contribution in [0.15, 0.2) is 47.4 Å². The summed E-state index contributed by atoms with van der Waals surface area (Å²) < 4.78 is 32.7. The third-order valence-corrected chi connectivity index (χ3v) is 4.44. The first-order valence-corrected chi connectivity index (χ1v) is 9.07. The van der Waals surface area contributed by atoms with Crippen LogP contribution in [-0.2, 0) is 19.6 Å². The Kier molecular flexibility index (Phi) is 6.19. The lowest BCUT2D eigenvalue weighted by Gasteiger charge is -2.10. The zero-order valence-electron chi connectivity index (χ0n) is 13.6. The molecule has 3 N–H and O–H groups in total. The molecule has 0 radical (unpaired) electrons. The monoisotopic (exact) mass is 398 g/mol. The highest BCUT2D eigenvalue weighted by Crippen LogP contribution is 2.23. The number of rotatable bonds is 6. The van der Waals surface area contributed by atoms with Gasteiger partial charge in [-0.2, -0.15) is 0 Å². The number of methoxy groups -OCH3 is 1. The minimum absolute atomic E-state index is 0.0347. The molecule has 2 rings (SSSR count). The number of anilines is 1. The second-order valence-electron chi connectivity index (χ2n) is 5.01. The zero-order chi connectivity index (χ0) is 19.3. The molecule has 26 heavy (non-hydrogen) atoms. The Labute approximate surface area is 154 Å². The second kappa shape index (κ2) is 8.17. The number of sulfonamides is 1. The lowest BCUT2D eigenvalue weighted by Crippen LogP contribution is -2.21. The van der Waals surface area contributed by atoms with Gasteiger partial charge >= 0.3 is 5.97 Å². The molecule has 0 heterocycles. The summed E-state index contributed by atoms with van der Waals surface area (Å²) in [5.74, 6) is -1.13. The van der Waals surface area contributed by atoms with Crippen LogP contribution >= 0.6 is 11.6 Å². The number of amides is 1. The fourth-order valence-corrected chi connectivity index (χ4v) is 2.72. The fraction of sp³-hybridized carbons (Fsp3) is 0.125. The third-order valence-electron chi connectivity index (χ3n) is 3.20. The number of hydrogen-bond donors (Lipinski definition) is 2. The van der Waals surface area contributed by atoms with Crippen LogP contribution in [0.1, 0.15) is 10.4 Å². The normalized spacial score (nSPS) is 10.9. The van der Waals surface area contributed by atoms with E-state index in [-0.39, 0.29) is 15.5 Å². The third kappa shape index (κ3) is 4.94. The Hall–Kier alpha value is -2.62. The lowest BCUT2D eigenvalue weighted by molar-refractivity contribution is -0.119. The number of benzene rings is 2. The van der Waals surface area contributed by atoms with Gasteiger partial charge in [0.25, 0.3) is 5.91 Å². The van der Waals surface area contributed by atoms with Gasteiger partial charge in [0, 0.05) is 0 Å². The van der Waals surface area contributed by atoms with E-state index in [1.54, 1.807) is 24.3 Å². The highest BCUT2D eigenvalue weighted by molar-refractivity contribution is 7.89. The lowest BCUT2D eigenvalue weighted by atomic mass is 10.2. The molecule has 0 fully saturated rings. The van der Waals surface area contributed by atoms with Gasteiger partial charge in [-0.1, -0.05) is 23.7 Å². The van der Waals surface area contributed by atoms with Crippen LogP contribution in [0, 0.1) is 0 Å². The zero-order valence-corrected chi connectivity index (χ0v) is 15.1. The highest BCUT2D eigenvalue weighted by Gasteiger charge is 2.18. The SMILES string of the molecule is COc1ccccc1NC(=O)COC(=O)c1cc(S(N)(=O)=O)ccc1Cl.